The third-order valence-corrected chi connectivity index (χ3v) is 4.06. The molecule has 4 atom stereocenters. The van der Waals surface area contributed by atoms with Crippen molar-refractivity contribution in [2.24, 2.45) is 11.7 Å². The van der Waals surface area contributed by atoms with Gasteiger partial charge in [-0.2, -0.15) is 0 Å². The highest BCUT2D eigenvalue weighted by molar-refractivity contribution is 5.20. The Bertz CT molecular complexity index is 349. The van der Waals surface area contributed by atoms with Crippen LogP contribution in [0.4, 0.5) is 0 Å². The molecule has 2 heteroatoms. The summed E-state index contributed by atoms with van der Waals surface area (Å²) in [6, 6.07) is 11.6. The SMILES string of the molecule is CC1CC(C)N(C(C)C(N)c2ccccc2)C1. The minimum atomic E-state index is 0.115. The lowest BCUT2D eigenvalue weighted by atomic mass is 10.00. The summed E-state index contributed by atoms with van der Waals surface area (Å²) in [5.74, 6) is 0.801. The van der Waals surface area contributed by atoms with Crippen LogP contribution in [-0.2, 0) is 0 Å². The van der Waals surface area contributed by atoms with Crippen LogP contribution >= 0.6 is 0 Å². The Hall–Kier alpha value is -0.860. The van der Waals surface area contributed by atoms with Crippen molar-refractivity contribution in [2.45, 2.75) is 45.3 Å². The van der Waals surface area contributed by atoms with Crippen molar-refractivity contribution in [3.05, 3.63) is 35.9 Å². The highest BCUT2D eigenvalue weighted by Crippen LogP contribution is 2.28. The molecule has 1 aromatic carbocycles. The van der Waals surface area contributed by atoms with Gasteiger partial charge in [0, 0.05) is 24.7 Å². The van der Waals surface area contributed by atoms with Gasteiger partial charge < -0.3 is 5.73 Å². The number of likely N-dealkylation sites (tertiary alicyclic amines) is 1. The number of hydrogen-bond donors (Lipinski definition) is 1. The van der Waals surface area contributed by atoms with E-state index in [1.165, 1.54) is 18.5 Å². The Kier molecular flexibility index (Phi) is 3.85. The van der Waals surface area contributed by atoms with Gasteiger partial charge in [-0.15, -0.1) is 0 Å². The third kappa shape index (κ3) is 2.70. The number of rotatable bonds is 3. The zero-order valence-corrected chi connectivity index (χ0v) is 11.1. The molecule has 1 aromatic rings. The molecule has 17 heavy (non-hydrogen) atoms. The van der Waals surface area contributed by atoms with E-state index in [0.29, 0.717) is 12.1 Å². The first-order valence-corrected chi connectivity index (χ1v) is 6.66. The molecule has 0 saturated carbocycles. The first-order chi connectivity index (χ1) is 8.09. The number of benzene rings is 1. The van der Waals surface area contributed by atoms with Gasteiger partial charge in [0.2, 0.25) is 0 Å². The molecule has 0 spiro atoms. The van der Waals surface area contributed by atoms with E-state index in [9.17, 15) is 0 Å². The van der Waals surface area contributed by atoms with Crippen LogP contribution in [0.2, 0.25) is 0 Å². The van der Waals surface area contributed by atoms with Crippen molar-refractivity contribution < 1.29 is 0 Å². The fourth-order valence-corrected chi connectivity index (χ4v) is 3.06. The van der Waals surface area contributed by atoms with Crippen molar-refractivity contribution in [2.75, 3.05) is 6.54 Å². The highest BCUT2D eigenvalue weighted by Gasteiger charge is 2.32. The highest BCUT2D eigenvalue weighted by atomic mass is 15.2. The van der Waals surface area contributed by atoms with Crippen molar-refractivity contribution >= 4 is 0 Å². The van der Waals surface area contributed by atoms with Gasteiger partial charge >= 0.3 is 0 Å². The molecule has 0 aromatic heterocycles. The normalized spacial score (nSPS) is 29.2. The zero-order chi connectivity index (χ0) is 12.4. The molecule has 0 radical (unpaired) electrons. The summed E-state index contributed by atoms with van der Waals surface area (Å²) in [6.07, 6.45) is 1.30. The lowest BCUT2D eigenvalue weighted by molar-refractivity contribution is 0.175. The van der Waals surface area contributed by atoms with E-state index in [4.69, 9.17) is 5.73 Å². The average molecular weight is 232 g/mol. The van der Waals surface area contributed by atoms with E-state index >= 15 is 0 Å². The Morgan fingerprint density at radius 1 is 1.24 bits per heavy atom. The largest absolute Gasteiger partial charge is 0.323 e. The molecule has 2 rings (SSSR count). The second-order valence-corrected chi connectivity index (χ2v) is 5.56. The van der Waals surface area contributed by atoms with E-state index in [2.05, 4.69) is 49.9 Å². The van der Waals surface area contributed by atoms with Crippen molar-refractivity contribution in [3.63, 3.8) is 0 Å². The molecule has 0 bridgehead atoms. The Labute approximate surface area is 105 Å². The maximum Gasteiger partial charge on any atom is 0.0450 e. The summed E-state index contributed by atoms with van der Waals surface area (Å²) in [7, 11) is 0. The van der Waals surface area contributed by atoms with Gasteiger partial charge in [-0.05, 0) is 31.7 Å². The molecule has 1 aliphatic rings. The molecule has 2 nitrogen and oxygen atoms in total. The second kappa shape index (κ2) is 5.19. The van der Waals surface area contributed by atoms with Crippen molar-refractivity contribution in [1.29, 1.82) is 0 Å². The van der Waals surface area contributed by atoms with E-state index < -0.39 is 0 Å². The molecule has 1 heterocycles. The van der Waals surface area contributed by atoms with Gasteiger partial charge in [-0.25, -0.2) is 0 Å². The molecule has 0 amide bonds. The molecule has 4 unspecified atom stereocenters. The van der Waals surface area contributed by atoms with Gasteiger partial charge in [0.25, 0.3) is 0 Å². The summed E-state index contributed by atoms with van der Waals surface area (Å²) in [4.78, 5) is 2.56. The van der Waals surface area contributed by atoms with Crippen LogP contribution in [0.25, 0.3) is 0 Å². The Morgan fingerprint density at radius 2 is 1.88 bits per heavy atom. The zero-order valence-electron chi connectivity index (χ0n) is 11.1. The first-order valence-electron chi connectivity index (χ1n) is 6.66. The van der Waals surface area contributed by atoms with Gasteiger partial charge in [0.05, 0.1) is 0 Å². The molecular weight excluding hydrogens is 208 g/mol. The minimum Gasteiger partial charge on any atom is -0.323 e. The number of nitrogens with zero attached hydrogens (tertiary/aromatic N) is 1. The predicted molar refractivity (Wildman–Crippen MR) is 72.8 cm³/mol. The van der Waals surface area contributed by atoms with E-state index in [-0.39, 0.29) is 6.04 Å². The summed E-state index contributed by atoms with van der Waals surface area (Å²) in [6.45, 7) is 8.09. The Balaban J connectivity index is 2.07. The second-order valence-electron chi connectivity index (χ2n) is 5.56. The van der Waals surface area contributed by atoms with E-state index in [1.54, 1.807) is 0 Å². The maximum atomic E-state index is 6.38. The summed E-state index contributed by atoms with van der Waals surface area (Å²) < 4.78 is 0. The van der Waals surface area contributed by atoms with Crippen LogP contribution in [0.5, 0.6) is 0 Å². The lowest BCUT2D eigenvalue weighted by Crippen LogP contribution is -2.42. The van der Waals surface area contributed by atoms with E-state index in [0.717, 1.165) is 5.92 Å². The minimum absolute atomic E-state index is 0.115. The van der Waals surface area contributed by atoms with E-state index in [1.807, 2.05) is 6.07 Å². The Morgan fingerprint density at radius 3 is 2.41 bits per heavy atom. The van der Waals surface area contributed by atoms with Crippen LogP contribution in [0.15, 0.2) is 30.3 Å². The fourth-order valence-electron chi connectivity index (χ4n) is 3.06. The van der Waals surface area contributed by atoms with Gasteiger partial charge in [0.1, 0.15) is 0 Å². The standard InChI is InChI=1S/C15H24N2/c1-11-9-12(2)17(10-11)13(3)15(16)14-7-5-4-6-8-14/h4-8,11-13,15H,9-10,16H2,1-3H3. The van der Waals surface area contributed by atoms with Gasteiger partial charge in [0.15, 0.2) is 0 Å². The lowest BCUT2D eigenvalue weighted by Gasteiger charge is -2.33. The topological polar surface area (TPSA) is 29.3 Å². The van der Waals surface area contributed by atoms with Gasteiger partial charge in [-0.3, -0.25) is 4.90 Å². The molecule has 1 fully saturated rings. The smallest absolute Gasteiger partial charge is 0.0450 e. The number of hydrogen-bond acceptors (Lipinski definition) is 2. The van der Waals surface area contributed by atoms with Crippen LogP contribution in [0.3, 0.4) is 0 Å². The number of nitrogens with two attached hydrogens (primary N) is 1. The predicted octanol–water partition coefficient (Wildman–Crippen LogP) is 2.81. The molecule has 94 valence electrons. The fraction of sp³-hybridized carbons (Fsp3) is 0.600. The third-order valence-electron chi connectivity index (χ3n) is 4.06. The molecular formula is C15H24N2. The van der Waals surface area contributed by atoms with Crippen LogP contribution in [0, 0.1) is 5.92 Å². The maximum absolute atomic E-state index is 6.38. The molecule has 1 saturated heterocycles. The van der Waals surface area contributed by atoms with Crippen molar-refractivity contribution in [3.8, 4) is 0 Å². The molecule has 0 aliphatic carbocycles. The van der Waals surface area contributed by atoms with Crippen LogP contribution in [0.1, 0.15) is 38.8 Å². The average Bonchev–Trinajstić information content (AvgIpc) is 2.68. The summed E-state index contributed by atoms with van der Waals surface area (Å²) in [5, 5.41) is 0. The monoisotopic (exact) mass is 232 g/mol. The molecule has 2 N–H and O–H groups in total. The van der Waals surface area contributed by atoms with Crippen molar-refractivity contribution in [1.82, 2.24) is 4.90 Å². The molecule has 1 aliphatic heterocycles. The summed E-state index contributed by atoms with van der Waals surface area (Å²) >= 11 is 0. The van der Waals surface area contributed by atoms with Crippen LogP contribution < -0.4 is 5.73 Å². The summed E-state index contributed by atoms with van der Waals surface area (Å²) in [5.41, 5.74) is 7.63. The van der Waals surface area contributed by atoms with Gasteiger partial charge in [-0.1, -0.05) is 37.3 Å². The van der Waals surface area contributed by atoms with Crippen LogP contribution in [-0.4, -0.2) is 23.5 Å². The first kappa shape index (κ1) is 12.6. The quantitative estimate of drug-likeness (QED) is 0.868.